The fourth-order valence-corrected chi connectivity index (χ4v) is 2.80. The molecular formula is C16H15Cl2FN4O2. The van der Waals surface area contributed by atoms with Gasteiger partial charge in [-0.3, -0.25) is 0 Å². The lowest BCUT2D eigenvalue weighted by molar-refractivity contribution is 0.0981. The average Bonchev–Trinajstić information content (AvgIpc) is 2.60. The van der Waals surface area contributed by atoms with Crippen LogP contribution >= 0.6 is 23.2 Å². The smallest absolute Gasteiger partial charge is 0.321 e. The van der Waals surface area contributed by atoms with E-state index in [0.717, 1.165) is 25.2 Å². The molecule has 2 aromatic rings. The van der Waals surface area contributed by atoms with E-state index < -0.39 is 5.82 Å². The molecular weight excluding hydrogens is 370 g/mol. The van der Waals surface area contributed by atoms with Gasteiger partial charge in [0.05, 0.1) is 29.0 Å². The molecule has 132 valence electrons. The predicted octanol–water partition coefficient (Wildman–Crippen LogP) is 4.00. The Morgan fingerprint density at radius 3 is 2.76 bits per heavy atom. The molecule has 0 radical (unpaired) electrons. The number of anilines is 1. The number of ether oxygens (including phenoxy) is 1. The van der Waals surface area contributed by atoms with Gasteiger partial charge in [-0.05, 0) is 31.0 Å². The van der Waals surface area contributed by atoms with Crippen LogP contribution in [0.25, 0.3) is 0 Å². The van der Waals surface area contributed by atoms with Crippen molar-refractivity contribution in [2.24, 2.45) is 0 Å². The third-order valence-electron chi connectivity index (χ3n) is 3.70. The zero-order chi connectivity index (χ0) is 17.8. The first-order chi connectivity index (χ1) is 12.0. The van der Waals surface area contributed by atoms with Crippen molar-refractivity contribution in [1.29, 1.82) is 0 Å². The highest BCUT2D eigenvalue weighted by atomic mass is 35.5. The number of benzene rings is 1. The van der Waals surface area contributed by atoms with Crippen LogP contribution in [0.5, 0.6) is 6.01 Å². The second-order valence-corrected chi connectivity index (χ2v) is 6.39. The van der Waals surface area contributed by atoms with Gasteiger partial charge in [-0.1, -0.05) is 23.2 Å². The topological polar surface area (TPSA) is 67.4 Å². The van der Waals surface area contributed by atoms with Gasteiger partial charge in [0.15, 0.2) is 5.82 Å². The highest BCUT2D eigenvalue weighted by Crippen LogP contribution is 2.25. The maximum Gasteiger partial charge on any atom is 0.321 e. The average molecular weight is 385 g/mol. The molecule has 25 heavy (non-hydrogen) atoms. The van der Waals surface area contributed by atoms with Crippen molar-refractivity contribution in [1.82, 2.24) is 14.9 Å². The minimum Gasteiger partial charge on any atom is -0.458 e. The largest absolute Gasteiger partial charge is 0.458 e. The van der Waals surface area contributed by atoms with Crippen LogP contribution in [-0.4, -0.2) is 40.1 Å². The Hall–Kier alpha value is -2.12. The van der Waals surface area contributed by atoms with Crippen molar-refractivity contribution in [2.45, 2.75) is 18.9 Å². The van der Waals surface area contributed by atoms with Crippen LogP contribution in [0.2, 0.25) is 10.0 Å². The Morgan fingerprint density at radius 2 is 2.04 bits per heavy atom. The summed E-state index contributed by atoms with van der Waals surface area (Å²) in [5.74, 6) is -0.529. The van der Waals surface area contributed by atoms with E-state index >= 15 is 0 Å². The summed E-state index contributed by atoms with van der Waals surface area (Å²) in [6, 6.07) is 4.72. The van der Waals surface area contributed by atoms with E-state index in [1.165, 1.54) is 0 Å². The number of rotatable bonds is 3. The number of halogens is 3. The van der Waals surface area contributed by atoms with Crippen molar-refractivity contribution in [3.05, 3.63) is 46.5 Å². The quantitative estimate of drug-likeness (QED) is 0.868. The van der Waals surface area contributed by atoms with E-state index in [0.29, 0.717) is 28.8 Å². The van der Waals surface area contributed by atoms with Gasteiger partial charge in [-0.15, -0.1) is 0 Å². The summed E-state index contributed by atoms with van der Waals surface area (Å²) < 4.78 is 18.5. The Bertz CT molecular complexity index is 760. The van der Waals surface area contributed by atoms with Crippen LogP contribution in [0.4, 0.5) is 14.9 Å². The van der Waals surface area contributed by atoms with Gasteiger partial charge in [0, 0.05) is 12.2 Å². The molecule has 1 atom stereocenters. The van der Waals surface area contributed by atoms with Gasteiger partial charge in [-0.2, -0.15) is 0 Å². The molecule has 9 heteroatoms. The number of hydrogen-bond acceptors (Lipinski definition) is 4. The first-order valence-corrected chi connectivity index (χ1v) is 8.42. The van der Waals surface area contributed by atoms with Crippen LogP contribution in [0.3, 0.4) is 0 Å². The van der Waals surface area contributed by atoms with Crippen LogP contribution in [0.15, 0.2) is 30.6 Å². The minimum absolute atomic E-state index is 0.0955. The molecule has 0 bridgehead atoms. The molecule has 0 spiro atoms. The number of nitrogens with one attached hydrogen (secondary N) is 1. The van der Waals surface area contributed by atoms with E-state index in [1.807, 2.05) is 0 Å². The van der Waals surface area contributed by atoms with E-state index in [9.17, 15) is 9.18 Å². The molecule has 1 fully saturated rings. The summed E-state index contributed by atoms with van der Waals surface area (Å²) in [6.07, 6.45) is 3.37. The molecule has 2 amide bonds. The number of nitrogens with zero attached hydrogens (tertiary/aromatic N) is 3. The SMILES string of the molecule is O=C(Nc1ccc(Cl)c(Cl)c1)N1CCC[C@H](Oc2ncc(F)cn2)C1. The van der Waals surface area contributed by atoms with Crippen LogP contribution in [-0.2, 0) is 0 Å². The molecule has 0 aliphatic carbocycles. The number of piperidine rings is 1. The second-order valence-electron chi connectivity index (χ2n) is 5.57. The van der Waals surface area contributed by atoms with Crippen LogP contribution < -0.4 is 10.1 Å². The third kappa shape index (κ3) is 4.70. The van der Waals surface area contributed by atoms with Gasteiger partial charge < -0.3 is 15.0 Å². The normalized spacial score (nSPS) is 17.2. The fraction of sp³-hybridized carbons (Fsp3) is 0.312. The molecule has 1 aromatic heterocycles. The Balaban J connectivity index is 1.59. The summed E-state index contributed by atoms with van der Waals surface area (Å²) in [5.41, 5.74) is 0.560. The highest BCUT2D eigenvalue weighted by Gasteiger charge is 2.25. The Labute approximate surface area is 153 Å². The zero-order valence-electron chi connectivity index (χ0n) is 13.1. The number of hydrogen-bond donors (Lipinski definition) is 1. The second kappa shape index (κ2) is 7.84. The summed E-state index contributed by atoms with van der Waals surface area (Å²) >= 11 is 11.8. The van der Waals surface area contributed by atoms with Gasteiger partial charge in [-0.25, -0.2) is 19.2 Å². The lowest BCUT2D eigenvalue weighted by Gasteiger charge is -2.32. The third-order valence-corrected chi connectivity index (χ3v) is 4.44. The maximum atomic E-state index is 12.8. The van der Waals surface area contributed by atoms with Crippen LogP contribution in [0.1, 0.15) is 12.8 Å². The van der Waals surface area contributed by atoms with Gasteiger partial charge in [0.25, 0.3) is 0 Å². The minimum atomic E-state index is -0.529. The van der Waals surface area contributed by atoms with Crippen molar-refractivity contribution >= 4 is 34.9 Å². The highest BCUT2D eigenvalue weighted by molar-refractivity contribution is 6.42. The van der Waals surface area contributed by atoms with E-state index in [1.54, 1.807) is 23.1 Å². The number of likely N-dealkylation sites (tertiary alicyclic amines) is 1. The van der Waals surface area contributed by atoms with Crippen LogP contribution in [0, 0.1) is 5.82 Å². The van der Waals surface area contributed by atoms with Crippen molar-refractivity contribution in [2.75, 3.05) is 18.4 Å². The lowest BCUT2D eigenvalue weighted by atomic mass is 10.1. The molecule has 1 aliphatic rings. The Kier molecular flexibility index (Phi) is 5.55. The van der Waals surface area contributed by atoms with Crippen molar-refractivity contribution < 1.29 is 13.9 Å². The number of urea groups is 1. The van der Waals surface area contributed by atoms with Gasteiger partial charge in [0.2, 0.25) is 0 Å². The summed E-state index contributed by atoms with van der Waals surface area (Å²) in [6.45, 7) is 0.991. The summed E-state index contributed by atoms with van der Waals surface area (Å²) in [5, 5.41) is 3.57. The molecule has 2 heterocycles. The fourth-order valence-electron chi connectivity index (χ4n) is 2.51. The molecule has 0 saturated carbocycles. The monoisotopic (exact) mass is 384 g/mol. The van der Waals surface area contributed by atoms with Crippen molar-refractivity contribution in [3.8, 4) is 6.01 Å². The zero-order valence-corrected chi connectivity index (χ0v) is 14.6. The first-order valence-electron chi connectivity index (χ1n) is 7.66. The molecule has 0 unspecified atom stereocenters. The van der Waals surface area contributed by atoms with E-state index in [4.69, 9.17) is 27.9 Å². The number of aromatic nitrogens is 2. The van der Waals surface area contributed by atoms with Gasteiger partial charge >= 0.3 is 12.0 Å². The van der Waals surface area contributed by atoms with Gasteiger partial charge in [0.1, 0.15) is 6.10 Å². The Morgan fingerprint density at radius 1 is 1.28 bits per heavy atom. The van der Waals surface area contributed by atoms with Crippen molar-refractivity contribution in [3.63, 3.8) is 0 Å². The summed E-state index contributed by atoms with van der Waals surface area (Å²) in [4.78, 5) is 21.6. The molecule has 3 rings (SSSR count). The number of carbonyl (C=O) groups is 1. The standard InChI is InChI=1S/C16H15Cl2FN4O2/c17-13-4-3-11(6-14(13)18)22-16(24)23-5-1-2-12(9-23)25-15-20-7-10(19)8-21-15/h3-4,6-8,12H,1-2,5,9H2,(H,22,24)/t12-/m0/s1. The number of amides is 2. The van der Waals surface area contributed by atoms with E-state index in [-0.39, 0.29) is 18.1 Å². The molecule has 1 aromatic carbocycles. The van der Waals surface area contributed by atoms with E-state index in [2.05, 4.69) is 15.3 Å². The maximum absolute atomic E-state index is 12.8. The molecule has 6 nitrogen and oxygen atoms in total. The molecule has 1 saturated heterocycles. The molecule has 1 aliphatic heterocycles. The lowest BCUT2D eigenvalue weighted by Crippen LogP contribution is -2.46. The number of carbonyl (C=O) groups excluding carboxylic acids is 1. The molecule has 1 N–H and O–H groups in total. The first kappa shape index (κ1) is 17.7. The predicted molar refractivity (Wildman–Crippen MR) is 92.7 cm³/mol. The summed E-state index contributed by atoms with van der Waals surface area (Å²) in [7, 11) is 0.